The van der Waals surface area contributed by atoms with Crippen molar-refractivity contribution in [1.29, 1.82) is 0 Å². The van der Waals surface area contributed by atoms with Crippen LogP contribution in [0.4, 0.5) is 0 Å². The van der Waals surface area contributed by atoms with E-state index in [0.29, 0.717) is 0 Å². The summed E-state index contributed by atoms with van der Waals surface area (Å²) in [6.45, 7) is 3.43. The molecule has 0 saturated heterocycles. The maximum atomic E-state index is 4.83. The maximum Gasteiger partial charge on any atom is 0.155 e. The van der Waals surface area contributed by atoms with Gasteiger partial charge in [-0.3, -0.25) is 9.98 Å². The van der Waals surface area contributed by atoms with Gasteiger partial charge in [-0.1, -0.05) is 0 Å². The first kappa shape index (κ1) is 19.1. The lowest BCUT2D eigenvalue weighted by Crippen LogP contribution is -2.19. The predicted octanol–water partition coefficient (Wildman–Crippen LogP) is 2.81. The molecule has 2 aromatic carbocycles. The fourth-order valence-corrected chi connectivity index (χ4v) is 4.73. The molecule has 34 heavy (non-hydrogen) atoms. The van der Waals surface area contributed by atoms with Gasteiger partial charge in [-0.2, -0.15) is 0 Å². The van der Waals surface area contributed by atoms with Crippen LogP contribution in [0.1, 0.15) is 11.1 Å². The highest BCUT2D eigenvalue weighted by Gasteiger charge is 2.17. The number of fused-ring (bicyclic) bond motifs is 2. The van der Waals surface area contributed by atoms with E-state index in [4.69, 9.17) is 9.97 Å². The van der Waals surface area contributed by atoms with E-state index in [0.717, 1.165) is 94.1 Å². The van der Waals surface area contributed by atoms with Gasteiger partial charge in [0.2, 0.25) is 0 Å². The molecule has 0 bridgehead atoms. The van der Waals surface area contributed by atoms with E-state index >= 15 is 0 Å². The van der Waals surface area contributed by atoms with Gasteiger partial charge in [0.15, 0.2) is 11.6 Å². The molecule has 0 unspecified atom stereocenters. The van der Waals surface area contributed by atoms with Crippen molar-refractivity contribution in [3.8, 4) is 23.0 Å². The zero-order chi connectivity index (χ0) is 22.6. The van der Waals surface area contributed by atoms with Crippen molar-refractivity contribution in [1.82, 2.24) is 35.1 Å². The lowest BCUT2D eigenvalue weighted by Gasteiger charge is -2.03. The summed E-state index contributed by atoms with van der Waals surface area (Å²) in [5.74, 6) is 3.54. The van der Waals surface area contributed by atoms with Crippen molar-refractivity contribution in [2.45, 2.75) is 0 Å². The first-order valence-corrected chi connectivity index (χ1v) is 11.5. The Morgan fingerprint density at radius 3 is 1.62 bits per heavy atom. The summed E-state index contributed by atoms with van der Waals surface area (Å²) in [4.78, 5) is 25.7. The average molecular weight is 450 g/mol. The van der Waals surface area contributed by atoms with Gasteiger partial charge >= 0.3 is 0 Å². The van der Waals surface area contributed by atoms with E-state index in [-0.39, 0.29) is 0 Å². The Kier molecular flexibility index (Phi) is 4.11. The second-order valence-corrected chi connectivity index (χ2v) is 8.61. The highest BCUT2D eigenvalue weighted by Crippen LogP contribution is 2.28. The first-order chi connectivity index (χ1) is 16.7. The SMILES string of the molecule is Cn1c(-c2nc3ccc(C4=NCCN4)cc3[nH]2)ccc1-c1nc2ccc(C3=NCCN3)cc2[nH]1. The molecule has 4 N–H and O–H groups in total. The molecule has 0 amide bonds. The predicted molar refractivity (Wildman–Crippen MR) is 134 cm³/mol. The number of aromatic amines is 2. The van der Waals surface area contributed by atoms with Crippen LogP contribution >= 0.6 is 0 Å². The van der Waals surface area contributed by atoms with Crippen LogP contribution in [0.3, 0.4) is 0 Å². The molecule has 0 fully saturated rings. The molecule has 2 aliphatic rings. The Morgan fingerprint density at radius 2 is 1.18 bits per heavy atom. The minimum absolute atomic E-state index is 0.822. The molecule has 2 aliphatic heterocycles. The van der Waals surface area contributed by atoms with Crippen LogP contribution in [0.5, 0.6) is 0 Å². The molecule has 0 radical (unpaired) electrons. The first-order valence-electron chi connectivity index (χ1n) is 11.5. The number of aromatic nitrogens is 5. The molecule has 0 atom stereocenters. The molecule has 168 valence electrons. The number of nitrogens with one attached hydrogen (secondary N) is 4. The summed E-state index contributed by atoms with van der Waals surface area (Å²) in [6.07, 6.45) is 0. The molecule has 0 aliphatic carbocycles. The topological polar surface area (TPSA) is 111 Å². The number of hydrogen-bond acceptors (Lipinski definition) is 6. The van der Waals surface area contributed by atoms with Crippen LogP contribution in [0.2, 0.25) is 0 Å². The highest BCUT2D eigenvalue weighted by molar-refractivity contribution is 6.03. The monoisotopic (exact) mass is 449 g/mol. The summed E-state index contributed by atoms with van der Waals surface area (Å²) in [5.41, 5.74) is 7.99. The van der Waals surface area contributed by atoms with Crippen molar-refractivity contribution in [3.05, 3.63) is 59.7 Å². The quantitative estimate of drug-likeness (QED) is 0.338. The van der Waals surface area contributed by atoms with E-state index in [1.54, 1.807) is 0 Å². The lowest BCUT2D eigenvalue weighted by molar-refractivity contribution is 0.927. The van der Waals surface area contributed by atoms with Gasteiger partial charge in [-0.15, -0.1) is 0 Å². The van der Waals surface area contributed by atoms with Gasteiger partial charge in [0, 0.05) is 31.3 Å². The van der Waals surface area contributed by atoms with Crippen LogP contribution < -0.4 is 10.6 Å². The van der Waals surface area contributed by atoms with Gasteiger partial charge < -0.3 is 25.2 Å². The van der Waals surface area contributed by atoms with E-state index in [1.165, 1.54) is 0 Å². The van der Waals surface area contributed by atoms with Gasteiger partial charge in [0.1, 0.15) is 11.7 Å². The van der Waals surface area contributed by atoms with Crippen LogP contribution in [0, 0.1) is 0 Å². The number of aliphatic imine (C=N–C) groups is 2. The smallest absolute Gasteiger partial charge is 0.155 e. The molecule has 5 aromatic rings. The molecule has 7 rings (SSSR count). The third kappa shape index (κ3) is 3.01. The van der Waals surface area contributed by atoms with Crippen molar-refractivity contribution < 1.29 is 0 Å². The minimum atomic E-state index is 0.822. The summed E-state index contributed by atoms with van der Waals surface area (Å²) >= 11 is 0. The van der Waals surface area contributed by atoms with Crippen molar-refractivity contribution in [3.63, 3.8) is 0 Å². The number of benzene rings is 2. The third-order valence-corrected chi connectivity index (χ3v) is 6.47. The Hall–Kier alpha value is -4.40. The standard InChI is InChI=1S/C25H23N9/c1-34-20(24-30-16-4-2-14(12-18(16)32-24)22-26-8-9-27-22)6-7-21(34)25-31-17-5-3-15(13-19(17)33-25)23-28-10-11-29-23/h2-7,12-13H,8-11H2,1H3,(H,26,27)(H,28,29)(H,30,32)(H,31,33). The number of amidine groups is 2. The Bertz CT molecular complexity index is 1510. The summed E-state index contributed by atoms with van der Waals surface area (Å²) in [6, 6.07) is 16.6. The molecule has 9 nitrogen and oxygen atoms in total. The Balaban J connectivity index is 1.24. The molecular weight excluding hydrogens is 426 g/mol. The molecule has 0 saturated carbocycles. The second-order valence-electron chi connectivity index (χ2n) is 8.61. The van der Waals surface area contributed by atoms with Crippen LogP contribution in [0.25, 0.3) is 45.1 Å². The molecule has 5 heterocycles. The van der Waals surface area contributed by atoms with E-state index in [9.17, 15) is 0 Å². The number of hydrogen-bond donors (Lipinski definition) is 4. The average Bonchev–Trinajstić information content (AvgIpc) is 3.67. The highest BCUT2D eigenvalue weighted by atomic mass is 15.1. The van der Waals surface area contributed by atoms with Gasteiger partial charge in [-0.05, 0) is 48.5 Å². The fourth-order valence-electron chi connectivity index (χ4n) is 4.73. The maximum absolute atomic E-state index is 4.83. The lowest BCUT2D eigenvalue weighted by atomic mass is 10.2. The van der Waals surface area contributed by atoms with Crippen molar-refractivity contribution >= 4 is 33.7 Å². The van der Waals surface area contributed by atoms with Gasteiger partial charge in [0.25, 0.3) is 0 Å². The zero-order valence-corrected chi connectivity index (χ0v) is 18.7. The van der Waals surface area contributed by atoms with Gasteiger partial charge in [0.05, 0.1) is 46.5 Å². The van der Waals surface area contributed by atoms with Crippen LogP contribution in [-0.2, 0) is 7.05 Å². The van der Waals surface area contributed by atoms with E-state index in [2.05, 4.69) is 71.6 Å². The molecular formula is C25H23N9. The van der Waals surface area contributed by atoms with E-state index in [1.807, 2.05) is 19.2 Å². The largest absolute Gasteiger partial charge is 0.368 e. The second kappa shape index (κ2) is 7.31. The minimum Gasteiger partial charge on any atom is -0.368 e. The Labute approximate surface area is 195 Å². The molecule has 9 heteroatoms. The van der Waals surface area contributed by atoms with E-state index < -0.39 is 0 Å². The number of nitrogens with zero attached hydrogens (tertiary/aromatic N) is 5. The Morgan fingerprint density at radius 1 is 0.676 bits per heavy atom. The third-order valence-electron chi connectivity index (χ3n) is 6.47. The van der Waals surface area contributed by atoms with Crippen LogP contribution in [-0.4, -0.2) is 62.4 Å². The van der Waals surface area contributed by atoms with Gasteiger partial charge in [-0.25, -0.2) is 9.97 Å². The van der Waals surface area contributed by atoms with Crippen molar-refractivity contribution in [2.24, 2.45) is 17.0 Å². The normalized spacial score (nSPS) is 15.6. The molecule has 0 spiro atoms. The van der Waals surface area contributed by atoms with Crippen LogP contribution in [0.15, 0.2) is 58.5 Å². The van der Waals surface area contributed by atoms with Crippen molar-refractivity contribution in [2.75, 3.05) is 26.2 Å². The summed E-state index contributed by atoms with van der Waals surface area (Å²) in [7, 11) is 2.04. The zero-order valence-electron chi connectivity index (χ0n) is 18.7. The fraction of sp³-hybridized carbons (Fsp3) is 0.200. The molecule has 3 aromatic heterocycles. The number of H-pyrrole nitrogens is 2. The summed E-state index contributed by atoms with van der Waals surface area (Å²) < 4.78 is 2.11. The number of rotatable bonds is 4. The summed E-state index contributed by atoms with van der Waals surface area (Å²) in [5, 5.41) is 6.66. The number of imidazole rings is 2.